The minimum atomic E-state index is 0.232. The van der Waals surface area contributed by atoms with Gasteiger partial charge in [0.15, 0.2) is 0 Å². The fourth-order valence-electron chi connectivity index (χ4n) is 2.98. The fourth-order valence-corrected chi connectivity index (χ4v) is 2.98. The molecule has 0 unspecified atom stereocenters. The average molecular weight is 246 g/mol. The van der Waals surface area contributed by atoms with E-state index < -0.39 is 0 Å². The summed E-state index contributed by atoms with van der Waals surface area (Å²) in [4.78, 5) is 2.58. The van der Waals surface area contributed by atoms with E-state index in [-0.39, 0.29) is 5.54 Å². The van der Waals surface area contributed by atoms with Crippen molar-refractivity contribution in [2.75, 3.05) is 19.6 Å². The van der Waals surface area contributed by atoms with E-state index in [0.717, 1.165) is 19.6 Å². The SMILES string of the molecule is Cc1cc(C)cc(CN2CCCNC(C)(C)C2)c1. The van der Waals surface area contributed by atoms with Gasteiger partial charge in [-0.05, 0) is 52.8 Å². The zero-order valence-electron chi connectivity index (χ0n) is 12.2. The number of rotatable bonds is 2. The van der Waals surface area contributed by atoms with Gasteiger partial charge in [0.05, 0.1) is 0 Å². The lowest BCUT2D eigenvalue weighted by atomic mass is 10.0. The summed E-state index contributed by atoms with van der Waals surface area (Å²) in [5, 5.41) is 3.62. The van der Waals surface area contributed by atoms with Crippen LogP contribution >= 0.6 is 0 Å². The Morgan fingerprint density at radius 1 is 1.17 bits per heavy atom. The molecule has 0 atom stereocenters. The molecule has 1 fully saturated rings. The minimum Gasteiger partial charge on any atom is -0.310 e. The van der Waals surface area contributed by atoms with Crippen LogP contribution in [0.4, 0.5) is 0 Å². The van der Waals surface area contributed by atoms with Crippen molar-refractivity contribution >= 4 is 0 Å². The molecule has 1 aromatic rings. The summed E-state index contributed by atoms with van der Waals surface area (Å²) in [5.74, 6) is 0. The molecule has 2 rings (SSSR count). The Labute approximate surface area is 111 Å². The summed E-state index contributed by atoms with van der Waals surface area (Å²) in [6.45, 7) is 13.5. The van der Waals surface area contributed by atoms with Crippen molar-refractivity contribution in [2.24, 2.45) is 0 Å². The van der Waals surface area contributed by atoms with Gasteiger partial charge >= 0.3 is 0 Å². The lowest BCUT2D eigenvalue weighted by Crippen LogP contribution is -2.46. The highest BCUT2D eigenvalue weighted by molar-refractivity contribution is 5.28. The standard InChI is InChI=1S/C16H26N2/c1-13-8-14(2)10-15(9-13)11-18-7-5-6-17-16(3,4)12-18/h8-10,17H,5-7,11-12H2,1-4H3. The molecule has 100 valence electrons. The van der Waals surface area contributed by atoms with E-state index >= 15 is 0 Å². The van der Waals surface area contributed by atoms with E-state index in [1.165, 1.54) is 29.7 Å². The molecule has 0 saturated carbocycles. The van der Waals surface area contributed by atoms with E-state index in [2.05, 4.69) is 56.1 Å². The van der Waals surface area contributed by atoms with Gasteiger partial charge < -0.3 is 5.32 Å². The molecule has 2 nitrogen and oxygen atoms in total. The largest absolute Gasteiger partial charge is 0.310 e. The second-order valence-electron chi connectivity index (χ2n) is 6.37. The number of aryl methyl sites for hydroxylation is 2. The molecular weight excluding hydrogens is 220 g/mol. The highest BCUT2D eigenvalue weighted by Gasteiger charge is 2.23. The van der Waals surface area contributed by atoms with E-state index in [9.17, 15) is 0 Å². The molecule has 18 heavy (non-hydrogen) atoms. The van der Waals surface area contributed by atoms with E-state index in [0.29, 0.717) is 0 Å². The number of benzene rings is 1. The Bertz CT molecular complexity index is 389. The summed E-state index contributed by atoms with van der Waals surface area (Å²) < 4.78 is 0. The highest BCUT2D eigenvalue weighted by Crippen LogP contribution is 2.16. The maximum atomic E-state index is 3.62. The summed E-state index contributed by atoms with van der Waals surface area (Å²) in [6, 6.07) is 6.88. The molecule has 0 radical (unpaired) electrons. The minimum absolute atomic E-state index is 0.232. The third kappa shape index (κ3) is 3.82. The monoisotopic (exact) mass is 246 g/mol. The molecule has 1 aliphatic heterocycles. The predicted octanol–water partition coefficient (Wildman–Crippen LogP) is 2.88. The van der Waals surface area contributed by atoms with Gasteiger partial charge in [-0.3, -0.25) is 4.90 Å². The molecular formula is C16H26N2. The summed E-state index contributed by atoms with van der Waals surface area (Å²) in [5.41, 5.74) is 4.43. The van der Waals surface area contributed by atoms with E-state index in [1.54, 1.807) is 0 Å². The Balaban J connectivity index is 2.07. The molecule has 2 heteroatoms. The van der Waals surface area contributed by atoms with Gasteiger partial charge in [-0.2, -0.15) is 0 Å². The van der Waals surface area contributed by atoms with Gasteiger partial charge in [-0.25, -0.2) is 0 Å². The van der Waals surface area contributed by atoms with E-state index in [4.69, 9.17) is 0 Å². The molecule has 1 saturated heterocycles. The van der Waals surface area contributed by atoms with Crippen molar-refractivity contribution in [1.29, 1.82) is 0 Å². The van der Waals surface area contributed by atoms with Crippen molar-refractivity contribution in [1.82, 2.24) is 10.2 Å². The zero-order valence-corrected chi connectivity index (χ0v) is 12.2. The maximum Gasteiger partial charge on any atom is 0.0252 e. The van der Waals surface area contributed by atoms with Crippen molar-refractivity contribution < 1.29 is 0 Å². The normalized spacial score (nSPS) is 20.7. The first-order valence-electron chi connectivity index (χ1n) is 6.99. The second-order valence-corrected chi connectivity index (χ2v) is 6.37. The first-order valence-corrected chi connectivity index (χ1v) is 6.99. The van der Waals surface area contributed by atoms with Crippen LogP contribution in [0.5, 0.6) is 0 Å². The Kier molecular flexibility index (Phi) is 4.08. The van der Waals surface area contributed by atoms with Crippen molar-refractivity contribution in [3.05, 3.63) is 34.9 Å². The van der Waals surface area contributed by atoms with Crippen LogP contribution in [-0.4, -0.2) is 30.1 Å². The van der Waals surface area contributed by atoms with Gasteiger partial charge in [-0.15, -0.1) is 0 Å². The average Bonchev–Trinajstić information content (AvgIpc) is 2.37. The Hall–Kier alpha value is -0.860. The Morgan fingerprint density at radius 2 is 1.83 bits per heavy atom. The zero-order chi connectivity index (χ0) is 13.2. The van der Waals surface area contributed by atoms with Crippen molar-refractivity contribution in [2.45, 2.75) is 46.2 Å². The number of hydrogen-bond donors (Lipinski definition) is 1. The molecule has 0 aromatic heterocycles. The smallest absolute Gasteiger partial charge is 0.0252 e. The third-order valence-electron chi connectivity index (χ3n) is 3.56. The van der Waals surface area contributed by atoms with Crippen LogP contribution < -0.4 is 5.32 Å². The van der Waals surface area contributed by atoms with Gasteiger partial charge in [0, 0.05) is 18.6 Å². The van der Waals surface area contributed by atoms with Crippen LogP contribution in [0.1, 0.15) is 37.0 Å². The Morgan fingerprint density at radius 3 is 2.50 bits per heavy atom. The van der Waals surface area contributed by atoms with Gasteiger partial charge in [-0.1, -0.05) is 29.3 Å². The van der Waals surface area contributed by atoms with Crippen LogP contribution in [-0.2, 0) is 6.54 Å². The van der Waals surface area contributed by atoms with Crippen molar-refractivity contribution in [3.8, 4) is 0 Å². The molecule has 1 N–H and O–H groups in total. The summed E-state index contributed by atoms with van der Waals surface area (Å²) in [7, 11) is 0. The first-order chi connectivity index (χ1) is 8.44. The van der Waals surface area contributed by atoms with Crippen LogP contribution in [0.15, 0.2) is 18.2 Å². The van der Waals surface area contributed by atoms with Gasteiger partial charge in [0.1, 0.15) is 0 Å². The topological polar surface area (TPSA) is 15.3 Å². The molecule has 0 bridgehead atoms. The van der Waals surface area contributed by atoms with Crippen LogP contribution in [0.25, 0.3) is 0 Å². The van der Waals surface area contributed by atoms with Crippen molar-refractivity contribution in [3.63, 3.8) is 0 Å². The quantitative estimate of drug-likeness (QED) is 0.863. The molecule has 1 aliphatic rings. The maximum absolute atomic E-state index is 3.62. The summed E-state index contributed by atoms with van der Waals surface area (Å²) >= 11 is 0. The van der Waals surface area contributed by atoms with Crippen LogP contribution in [0.3, 0.4) is 0 Å². The third-order valence-corrected chi connectivity index (χ3v) is 3.56. The van der Waals surface area contributed by atoms with Gasteiger partial charge in [0.25, 0.3) is 0 Å². The molecule has 0 aliphatic carbocycles. The predicted molar refractivity (Wildman–Crippen MR) is 77.9 cm³/mol. The number of nitrogens with one attached hydrogen (secondary N) is 1. The van der Waals surface area contributed by atoms with Gasteiger partial charge in [0.2, 0.25) is 0 Å². The highest BCUT2D eigenvalue weighted by atomic mass is 15.2. The lowest BCUT2D eigenvalue weighted by Gasteiger charge is -2.30. The molecule has 1 heterocycles. The van der Waals surface area contributed by atoms with Crippen LogP contribution in [0.2, 0.25) is 0 Å². The second kappa shape index (κ2) is 5.41. The molecule has 0 spiro atoms. The first kappa shape index (κ1) is 13.6. The summed E-state index contributed by atoms with van der Waals surface area (Å²) in [6.07, 6.45) is 1.24. The fraction of sp³-hybridized carbons (Fsp3) is 0.625. The number of hydrogen-bond acceptors (Lipinski definition) is 2. The molecule has 1 aromatic carbocycles. The van der Waals surface area contributed by atoms with Crippen LogP contribution in [0, 0.1) is 13.8 Å². The molecule has 0 amide bonds. The lowest BCUT2D eigenvalue weighted by molar-refractivity contribution is 0.224. The number of nitrogens with zero attached hydrogens (tertiary/aromatic N) is 1. The van der Waals surface area contributed by atoms with E-state index in [1.807, 2.05) is 0 Å².